The molecule has 1 aromatic rings. The topological polar surface area (TPSA) is 52.3 Å². The first-order valence-electron chi connectivity index (χ1n) is 4.67. The predicted octanol–water partition coefficient (Wildman–Crippen LogP) is 1.76. The summed E-state index contributed by atoms with van der Waals surface area (Å²) >= 11 is 0. The average Bonchev–Trinajstić information content (AvgIpc) is 2.22. The molecule has 0 fully saturated rings. The number of nitrogens with two attached hydrogens (primary N) is 1. The van der Waals surface area contributed by atoms with Gasteiger partial charge in [-0.2, -0.15) is 0 Å². The molecule has 0 saturated carbocycles. The van der Waals surface area contributed by atoms with Crippen LogP contribution in [0, 0.1) is 11.7 Å². The Balaban J connectivity index is 2.85. The Hall–Kier alpha value is -1.58. The van der Waals surface area contributed by atoms with Crippen molar-refractivity contribution in [3.05, 3.63) is 29.6 Å². The number of hydrogen-bond acceptors (Lipinski definition) is 3. The first kappa shape index (κ1) is 11.5. The summed E-state index contributed by atoms with van der Waals surface area (Å²) in [7, 11) is 1.31. The van der Waals surface area contributed by atoms with Gasteiger partial charge in [-0.1, -0.05) is 13.0 Å². The highest BCUT2D eigenvalue weighted by Crippen LogP contribution is 2.20. The normalized spacial score (nSPS) is 12.2. The quantitative estimate of drug-likeness (QED) is 0.612. The van der Waals surface area contributed by atoms with Gasteiger partial charge in [-0.25, -0.2) is 4.39 Å². The van der Waals surface area contributed by atoms with E-state index in [0.29, 0.717) is 11.3 Å². The minimum Gasteiger partial charge on any atom is -0.469 e. The van der Waals surface area contributed by atoms with Crippen molar-refractivity contribution < 1.29 is 13.9 Å². The van der Waals surface area contributed by atoms with Crippen LogP contribution in [0.5, 0.6) is 0 Å². The molecular formula is C11H14FNO2. The molecule has 4 heteroatoms. The van der Waals surface area contributed by atoms with Gasteiger partial charge in [0.05, 0.1) is 13.0 Å². The lowest BCUT2D eigenvalue weighted by Gasteiger charge is -2.11. The molecule has 0 bridgehead atoms. The van der Waals surface area contributed by atoms with Crippen molar-refractivity contribution in [1.82, 2.24) is 0 Å². The molecule has 0 heterocycles. The molecule has 0 aliphatic heterocycles. The number of carbonyl (C=O) groups is 1. The van der Waals surface area contributed by atoms with Gasteiger partial charge in [0.15, 0.2) is 0 Å². The summed E-state index contributed by atoms with van der Waals surface area (Å²) in [4.78, 5) is 11.2. The average molecular weight is 211 g/mol. The Kier molecular flexibility index (Phi) is 3.66. The van der Waals surface area contributed by atoms with Gasteiger partial charge in [-0.05, 0) is 18.6 Å². The van der Waals surface area contributed by atoms with Crippen molar-refractivity contribution in [3.63, 3.8) is 0 Å². The second-order valence-corrected chi connectivity index (χ2v) is 3.44. The maximum atomic E-state index is 13.3. The molecule has 1 atom stereocenters. The van der Waals surface area contributed by atoms with Crippen molar-refractivity contribution >= 4 is 11.7 Å². The Morgan fingerprint density at radius 2 is 2.27 bits per heavy atom. The lowest BCUT2D eigenvalue weighted by Crippen LogP contribution is -2.16. The van der Waals surface area contributed by atoms with Gasteiger partial charge in [-0.3, -0.25) is 4.79 Å². The second kappa shape index (κ2) is 4.77. The van der Waals surface area contributed by atoms with Crippen molar-refractivity contribution in [1.29, 1.82) is 0 Å². The predicted molar refractivity (Wildman–Crippen MR) is 55.7 cm³/mol. The second-order valence-electron chi connectivity index (χ2n) is 3.44. The molecule has 1 aromatic carbocycles. The van der Waals surface area contributed by atoms with Gasteiger partial charge in [-0.15, -0.1) is 0 Å². The van der Waals surface area contributed by atoms with E-state index in [4.69, 9.17) is 5.73 Å². The summed E-state index contributed by atoms with van der Waals surface area (Å²) in [5.41, 5.74) is 6.36. The molecule has 2 N–H and O–H groups in total. The van der Waals surface area contributed by atoms with Crippen LogP contribution in [0.2, 0.25) is 0 Å². The highest BCUT2D eigenvalue weighted by molar-refractivity contribution is 5.72. The fraction of sp³-hybridized carbons (Fsp3) is 0.364. The van der Waals surface area contributed by atoms with Gasteiger partial charge in [0.1, 0.15) is 5.82 Å². The van der Waals surface area contributed by atoms with Crippen LogP contribution in [0.15, 0.2) is 18.2 Å². The molecule has 0 radical (unpaired) electrons. The van der Waals surface area contributed by atoms with Gasteiger partial charge < -0.3 is 10.5 Å². The fourth-order valence-corrected chi connectivity index (χ4v) is 1.38. The number of rotatable bonds is 3. The molecule has 0 saturated heterocycles. The largest absolute Gasteiger partial charge is 0.469 e. The number of benzene rings is 1. The number of halogens is 1. The lowest BCUT2D eigenvalue weighted by molar-refractivity contribution is -0.144. The molecule has 0 aliphatic rings. The van der Waals surface area contributed by atoms with E-state index in [1.165, 1.54) is 19.2 Å². The van der Waals surface area contributed by atoms with Crippen LogP contribution in [0.4, 0.5) is 10.1 Å². The van der Waals surface area contributed by atoms with Gasteiger partial charge in [0, 0.05) is 11.3 Å². The van der Waals surface area contributed by atoms with Gasteiger partial charge >= 0.3 is 5.97 Å². The Labute approximate surface area is 88.0 Å². The van der Waals surface area contributed by atoms with Crippen LogP contribution in [-0.2, 0) is 16.0 Å². The Bertz CT molecular complexity index is 345. The SMILES string of the molecule is COC(=O)C(C)Cc1c(N)cccc1F. The third-order valence-corrected chi connectivity index (χ3v) is 2.27. The molecule has 15 heavy (non-hydrogen) atoms. The molecule has 82 valence electrons. The minimum absolute atomic E-state index is 0.255. The maximum absolute atomic E-state index is 13.3. The van der Waals surface area contributed by atoms with E-state index in [-0.39, 0.29) is 18.2 Å². The van der Waals surface area contributed by atoms with Crippen LogP contribution >= 0.6 is 0 Å². The zero-order chi connectivity index (χ0) is 11.4. The zero-order valence-electron chi connectivity index (χ0n) is 8.79. The summed E-state index contributed by atoms with van der Waals surface area (Å²) in [6, 6.07) is 4.48. The molecular weight excluding hydrogens is 197 g/mol. The van der Waals surface area contributed by atoms with E-state index in [0.717, 1.165) is 0 Å². The number of ether oxygens (including phenoxy) is 1. The van der Waals surface area contributed by atoms with Crippen LogP contribution < -0.4 is 5.73 Å². The third-order valence-electron chi connectivity index (χ3n) is 2.27. The standard InChI is InChI=1S/C11H14FNO2/c1-7(11(14)15-2)6-8-9(12)4-3-5-10(8)13/h3-5,7H,6,13H2,1-2H3. The summed E-state index contributed by atoms with van der Waals surface area (Å²) in [5.74, 6) is -1.14. The number of nitrogen functional groups attached to an aromatic ring is 1. The Morgan fingerprint density at radius 3 is 2.80 bits per heavy atom. The van der Waals surface area contributed by atoms with Crippen LogP contribution in [-0.4, -0.2) is 13.1 Å². The molecule has 3 nitrogen and oxygen atoms in total. The van der Waals surface area contributed by atoms with Crippen molar-refractivity contribution in [2.45, 2.75) is 13.3 Å². The highest BCUT2D eigenvalue weighted by Gasteiger charge is 2.17. The van der Waals surface area contributed by atoms with E-state index < -0.39 is 5.92 Å². The van der Waals surface area contributed by atoms with Gasteiger partial charge in [0.25, 0.3) is 0 Å². The van der Waals surface area contributed by atoms with Crippen molar-refractivity contribution in [3.8, 4) is 0 Å². The van der Waals surface area contributed by atoms with E-state index in [1.54, 1.807) is 13.0 Å². The summed E-state index contributed by atoms with van der Waals surface area (Å²) in [6.45, 7) is 1.68. The van der Waals surface area contributed by atoms with Gasteiger partial charge in [0.2, 0.25) is 0 Å². The molecule has 1 unspecified atom stereocenters. The van der Waals surface area contributed by atoms with Crippen molar-refractivity contribution in [2.24, 2.45) is 5.92 Å². The summed E-state index contributed by atoms with van der Waals surface area (Å²) in [6.07, 6.45) is 0.255. The van der Waals surface area contributed by atoms with E-state index >= 15 is 0 Å². The molecule has 0 aliphatic carbocycles. The summed E-state index contributed by atoms with van der Waals surface area (Å²) < 4.78 is 17.9. The molecule has 0 aromatic heterocycles. The number of hydrogen-bond donors (Lipinski definition) is 1. The van der Waals surface area contributed by atoms with E-state index in [9.17, 15) is 9.18 Å². The molecule has 1 rings (SSSR count). The zero-order valence-corrected chi connectivity index (χ0v) is 8.79. The first-order valence-corrected chi connectivity index (χ1v) is 4.67. The number of carbonyl (C=O) groups excluding carboxylic acids is 1. The number of methoxy groups -OCH3 is 1. The Morgan fingerprint density at radius 1 is 1.60 bits per heavy atom. The van der Waals surface area contributed by atoms with Crippen LogP contribution in [0.3, 0.4) is 0 Å². The molecule has 0 spiro atoms. The van der Waals surface area contributed by atoms with Crippen LogP contribution in [0.1, 0.15) is 12.5 Å². The first-order chi connectivity index (χ1) is 7.06. The highest BCUT2D eigenvalue weighted by atomic mass is 19.1. The van der Waals surface area contributed by atoms with Crippen LogP contribution in [0.25, 0.3) is 0 Å². The number of esters is 1. The fourth-order valence-electron chi connectivity index (χ4n) is 1.38. The van der Waals surface area contributed by atoms with Crippen molar-refractivity contribution in [2.75, 3.05) is 12.8 Å². The molecule has 0 amide bonds. The summed E-state index contributed by atoms with van der Waals surface area (Å²) in [5, 5.41) is 0. The minimum atomic E-state index is -0.394. The number of anilines is 1. The van der Waals surface area contributed by atoms with E-state index in [2.05, 4.69) is 4.74 Å². The smallest absolute Gasteiger partial charge is 0.308 e. The lowest BCUT2D eigenvalue weighted by atomic mass is 9.99. The third kappa shape index (κ3) is 2.68. The van der Waals surface area contributed by atoms with E-state index in [1.807, 2.05) is 0 Å². The maximum Gasteiger partial charge on any atom is 0.308 e. The monoisotopic (exact) mass is 211 g/mol.